The molecule has 3 rings (SSSR count). The van der Waals surface area contributed by atoms with Crippen molar-refractivity contribution in [3.8, 4) is 17.5 Å². The summed E-state index contributed by atoms with van der Waals surface area (Å²) in [6, 6.07) is 10.0. The summed E-state index contributed by atoms with van der Waals surface area (Å²) in [6.07, 6.45) is 8.31. The quantitative estimate of drug-likeness (QED) is 0.255. The summed E-state index contributed by atoms with van der Waals surface area (Å²) < 4.78 is 2.02. The number of hydrogen-bond donors (Lipinski definition) is 2. The second-order valence-corrected chi connectivity index (χ2v) is 11.8. The first-order valence-corrected chi connectivity index (χ1v) is 14.5. The first-order chi connectivity index (χ1) is 18.5. The van der Waals surface area contributed by atoms with Gasteiger partial charge in [-0.2, -0.15) is 5.26 Å². The Balaban J connectivity index is 0.000000411. The summed E-state index contributed by atoms with van der Waals surface area (Å²) in [5.74, 6) is 0.955. The zero-order chi connectivity index (χ0) is 29.0. The van der Waals surface area contributed by atoms with E-state index in [1.54, 1.807) is 0 Å². The highest BCUT2D eigenvalue weighted by Gasteiger charge is 2.15. The number of anilines is 1. The van der Waals surface area contributed by atoms with Crippen molar-refractivity contribution in [3.63, 3.8) is 0 Å². The molecule has 3 heterocycles. The third-order valence-corrected chi connectivity index (χ3v) is 7.27. The van der Waals surface area contributed by atoms with Crippen LogP contribution in [0.3, 0.4) is 0 Å². The minimum absolute atomic E-state index is 0.0572. The van der Waals surface area contributed by atoms with Crippen molar-refractivity contribution in [2.45, 2.75) is 79.7 Å². The number of aromatic nitrogens is 3. The summed E-state index contributed by atoms with van der Waals surface area (Å²) in [4.78, 5) is 21.4. The highest BCUT2D eigenvalue weighted by atomic mass is 32.1. The molecule has 0 aliphatic rings. The molecule has 0 saturated carbocycles. The molecule has 0 aliphatic heterocycles. The van der Waals surface area contributed by atoms with Gasteiger partial charge in [0, 0.05) is 40.6 Å². The number of nitrogens with one attached hydrogen (secondary N) is 2. The molecule has 0 spiro atoms. The van der Waals surface area contributed by atoms with Crippen molar-refractivity contribution in [1.29, 1.82) is 5.26 Å². The third-order valence-electron chi connectivity index (χ3n) is 6.51. The average Bonchev–Trinajstić information content (AvgIpc) is 3.58. The fourth-order valence-corrected chi connectivity index (χ4v) is 4.37. The smallest absolute Gasteiger partial charge is 0.253 e. The fourth-order valence-electron chi connectivity index (χ4n) is 3.62. The monoisotopic (exact) mass is 548 g/mol. The van der Waals surface area contributed by atoms with Crippen LogP contribution in [-0.2, 0) is 5.54 Å². The van der Waals surface area contributed by atoms with E-state index in [-0.39, 0.29) is 11.4 Å². The maximum absolute atomic E-state index is 12.3. The summed E-state index contributed by atoms with van der Waals surface area (Å²) in [5.41, 5.74) is 3.85. The van der Waals surface area contributed by atoms with Gasteiger partial charge >= 0.3 is 0 Å². The molecule has 1 amide bonds. The Kier molecular flexibility index (Phi) is 12.4. The van der Waals surface area contributed by atoms with E-state index in [4.69, 9.17) is 5.26 Å². The molecule has 3 aromatic heterocycles. The Morgan fingerprint density at radius 2 is 1.90 bits per heavy atom. The Hall–Kier alpha value is -3.44. The van der Waals surface area contributed by atoms with Crippen LogP contribution in [-0.4, -0.2) is 27.0 Å². The number of nitrogens with zero attached hydrogens (tertiary/aromatic N) is 4. The van der Waals surface area contributed by atoms with Crippen LogP contribution >= 0.6 is 11.3 Å². The number of carbonyl (C=O) groups excluding carboxylic acids is 1. The van der Waals surface area contributed by atoms with E-state index >= 15 is 0 Å². The van der Waals surface area contributed by atoms with E-state index < -0.39 is 0 Å². The van der Waals surface area contributed by atoms with Crippen LogP contribution in [0.5, 0.6) is 0 Å². The van der Waals surface area contributed by atoms with Gasteiger partial charge in [-0.15, -0.1) is 11.3 Å². The van der Waals surface area contributed by atoms with Crippen LogP contribution in [0.4, 0.5) is 5.13 Å². The lowest BCUT2D eigenvalue weighted by Gasteiger charge is -2.20. The van der Waals surface area contributed by atoms with Gasteiger partial charge in [-0.25, -0.2) is 4.98 Å². The zero-order valence-corrected chi connectivity index (χ0v) is 25.4. The van der Waals surface area contributed by atoms with Crippen LogP contribution < -0.4 is 10.6 Å². The van der Waals surface area contributed by atoms with Gasteiger partial charge in [0.15, 0.2) is 5.13 Å². The molecule has 0 fully saturated rings. The average molecular weight is 549 g/mol. The number of carbonyl (C=O) groups is 1. The van der Waals surface area contributed by atoms with Crippen LogP contribution in [0.25, 0.3) is 11.4 Å². The predicted octanol–water partition coefficient (Wildman–Crippen LogP) is 7.79. The predicted molar refractivity (Wildman–Crippen MR) is 163 cm³/mol. The Bertz CT molecular complexity index is 1250. The standard InChI is InChI=1S/C21H25N5OS.C10H19N/c1-14-7-6-8-17(23-14)18-13-28-20(25-18)24-15(2)11-22-19(27)16-9-10-26(12-16)21(3,4)5;1-4-9(3)6-7-10(5-2)8-11/h6-10,12-13H,2,11H2,1,3-5H3,(H,22,27)(H,24,25);9-10H,4-7H2,1-3H3. The van der Waals surface area contributed by atoms with E-state index in [1.807, 2.05) is 53.5 Å². The van der Waals surface area contributed by atoms with Crippen LogP contribution in [0, 0.1) is 30.1 Å². The lowest BCUT2D eigenvalue weighted by atomic mass is 9.95. The van der Waals surface area contributed by atoms with E-state index in [1.165, 1.54) is 24.2 Å². The zero-order valence-electron chi connectivity index (χ0n) is 24.5. The maximum Gasteiger partial charge on any atom is 0.253 e. The minimum Gasteiger partial charge on any atom is -0.348 e. The van der Waals surface area contributed by atoms with Crippen molar-refractivity contribution in [2.75, 3.05) is 11.9 Å². The fraction of sp³-hybridized carbons (Fsp3) is 0.484. The van der Waals surface area contributed by atoms with E-state index in [0.29, 0.717) is 23.7 Å². The molecular weight excluding hydrogens is 504 g/mol. The molecule has 210 valence electrons. The van der Waals surface area contributed by atoms with Crippen molar-refractivity contribution >= 4 is 22.4 Å². The van der Waals surface area contributed by atoms with Crippen molar-refractivity contribution in [1.82, 2.24) is 19.9 Å². The number of nitriles is 1. The molecule has 0 aromatic carbocycles. The summed E-state index contributed by atoms with van der Waals surface area (Å²) in [6.45, 7) is 19.1. The van der Waals surface area contributed by atoms with Gasteiger partial charge in [-0.05, 0) is 71.1 Å². The van der Waals surface area contributed by atoms with Gasteiger partial charge in [-0.3, -0.25) is 9.78 Å². The SMILES string of the molecule is C=C(CNC(=O)c1ccn(C(C)(C)C)c1)Nc1nc(-c2cccc(C)n2)cs1.CCC(C)CCC(C#N)CC. The first-order valence-electron chi connectivity index (χ1n) is 13.7. The molecule has 39 heavy (non-hydrogen) atoms. The summed E-state index contributed by atoms with van der Waals surface area (Å²) in [5, 5.41) is 17.4. The Labute approximate surface area is 238 Å². The molecule has 2 atom stereocenters. The summed E-state index contributed by atoms with van der Waals surface area (Å²) >= 11 is 1.48. The number of aryl methyl sites for hydroxylation is 1. The van der Waals surface area contributed by atoms with Gasteiger partial charge in [0.05, 0.1) is 23.9 Å². The Morgan fingerprint density at radius 3 is 2.49 bits per heavy atom. The molecule has 0 aliphatic carbocycles. The van der Waals surface area contributed by atoms with Crippen molar-refractivity contribution < 1.29 is 4.79 Å². The van der Waals surface area contributed by atoms with Gasteiger partial charge in [0.25, 0.3) is 5.91 Å². The first kappa shape index (κ1) is 31.8. The van der Waals surface area contributed by atoms with E-state index in [9.17, 15) is 4.79 Å². The van der Waals surface area contributed by atoms with Crippen LogP contribution in [0.15, 0.2) is 54.3 Å². The third kappa shape index (κ3) is 10.7. The molecule has 2 N–H and O–H groups in total. The number of hydrogen-bond acceptors (Lipinski definition) is 6. The molecule has 2 unspecified atom stereocenters. The molecule has 8 heteroatoms. The van der Waals surface area contributed by atoms with Crippen LogP contribution in [0.2, 0.25) is 0 Å². The minimum atomic E-state index is -0.130. The van der Waals surface area contributed by atoms with Gasteiger partial charge in [0.1, 0.15) is 5.69 Å². The van der Waals surface area contributed by atoms with Gasteiger partial charge in [-0.1, -0.05) is 39.8 Å². The molecule has 3 aromatic rings. The molecule has 7 nitrogen and oxygen atoms in total. The number of thiazole rings is 1. The van der Waals surface area contributed by atoms with Gasteiger partial charge < -0.3 is 15.2 Å². The lowest BCUT2D eigenvalue weighted by Crippen LogP contribution is -2.27. The second kappa shape index (κ2) is 15.2. The molecule has 0 saturated heterocycles. The number of amides is 1. The van der Waals surface area contributed by atoms with Crippen molar-refractivity contribution in [3.05, 3.63) is 65.6 Å². The van der Waals surface area contributed by atoms with Gasteiger partial charge in [0.2, 0.25) is 0 Å². The normalized spacial score (nSPS) is 12.5. The summed E-state index contributed by atoms with van der Waals surface area (Å²) in [7, 11) is 0. The maximum atomic E-state index is 12.3. The number of pyridine rings is 1. The number of rotatable bonds is 11. The highest BCUT2D eigenvalue weighted by molar-refractivity contribution is 7.14. The largest absolute Gasteiger partial charge is 0.348 e. The molecular formula is C31H44N6OS. The highest BCUT2D eigenvalue weighted by Crippen LogP contribution is 2.24. The van der Waals surface area contributed by atoms with E-state index in [2.05, 4.69) is 74.8 Å². The van der Waals surface area contributed by atoms with E-state index in [0.717, 1.165) is 41.0 Å². The molecule has 0 radical (unpaired) electrons. The molecule has 0 bridgehead atoms. The van der Waals surface area contributed by atoms with Crippen molar-refractivity contribution in [2.24, 2.45) is 11.8 Å². The lowest BCUT2D eigenvalue weighted by molar-refractivity contribution is 0.0957. The second-order valence-electron chi connectivity index (χ2n) is 10.9. The Morgan fingerprint density at radius 1 is 1.15 bits per heavy atom. The van der Waals surface area contributed by atoms with Crippen LogP contribution in [0.1, 0.15) is 83.3 Å². The topological polar surface area (TPSA) is 95.6 Å².